The van der Waals surface area contributed by atoms with Crippen LogP contribution in [0, 0.1) is 5.92 Å². The number of aliphatic hydroxyl groups excluding tert-OH is 1. The van der Waals surface area contributed by atoms with Gasteiger partial charge in [-0.25, -0.2) is 24.1 Å². The van der Waals surface area contributed by atoms with E-state index in [-0.39, 0.29) is 54.5 Å². The first-order valence-corrected chi connectivity index (χ1v) is 20.8. The predicted octanol–water partition coefficient (Wildman–Crippen LogP) is 2.25. The third kappa shape index (κ3) is 8.91. The standard InChI is InChI=1S/C26H36N8O11P2S2/c1-27-6-2-3-18(35)31-26-32-23-20(24(37)33-26)30-13-34(23)25-22-21(36)17(43-25)11-41-47(39,49)44-16-10-15(42-19-4-7-28-12-29-19)9-14(16)5-8-40-46(38,48)45-22/h4,7,12-17,21-22,25,27,36H,2-3,5-6,8-11H2,1H3,(H,38,48)(H,39,49)(H2,31,32,33,35,37)/t14-,15+,16-,17+,21+,22+,25+,46+,47+/m0/s1. The summed E-state index contributed by atoms with van der Waals surface area (Å²) in [6.07, 6.45) is -0.577. The zero-order valence-electron chi connectivity index (χ0n) is 26.1. The maximum atomic E-state index is 13.5. The molecule has 0 unspecified atom stereocenters. The summed E-state index contributed by atoms with van der Waals surface area (Å²) in [5.74, 6) is -0.423. The average Bonchev–Trinajstić information content (AvgIpc) is 3.71. The average molecular weight is 763 g/mol. The fourth-order valence-corrected chi connectivity index (χ4v) is 9.01. The summed E-state index contributed by atoms with van der Waals surface area (Å²) in [4.78, 5) is 44.2. The number of ether oxygens (including phenoxy) is 2. The molecule has 3 fully saturated rings. The normalized spacial score (nSPS) is 33.9. The number of imidazole rings is 1. The number of rotatable bonds is 8. The van der Waals surface area contributed by atoms with Crippen LogP contribution in [0.15, 0.2) is 29.7 Å². The summed E-state index contributed by atoms with van der Waals surface area (Å²) < 4.78 is 63.2. The van der Waals surface area contributed by atoms with Crippen LogP contribution in [-0.2, 0) is 36.8 Å². The van der Waals surface area contributed by atoms with Crippen molar-refractivity contribution in [3.63, 3.8) is 0 Å². The highest BCUT2D eigenvalue weighted by atomic mass is 32.7. The van der Waals surface area contributed by atoms with Gasteiger partial charge >= 0.3 is 13.6 Å². The van der Waals surface area contributed by atoms with Crippen molar-refractivity contribution in [2.24, 2.45) is 5.92 Å². The quantitative estimate of drug-likeness (QED) is 0.110. The van der Waals surface area contributed by atoms with Crippen LogP contribution in [-0.4, -0.2) is 97.8 Å². The largest absolute Gasteiger partial charge is 0.474 e. The molecule has 5 heterocycles. The first kappa shape index (κ1) is 36.4. The van der Waals surface area contributed by atoms with Crippen molar-refractivity contribution in [3.05, 3.63) is 35.3 Å². The van der Waals surface area contributed by atoms with Crippen LogP contribution in [0.4, 0.5) is 5.95 Å². The molecule has 268 valence electrons. The van der Waals surface area contributed by atoms with Crippen molar-refractivity contribution in [1.29, 1.82) is 0 Å². The number of hydrogen-bond donors (Lipinski definition) is 6. The Kier molecular flexibility index (Phi) is 11.5. The second-order valence-corrected chi connectivity index (χ2v) is 17.4. The Hall–Kier alpha value is -2.42. The zero-order chi connectivity index (χ0) is 34.8. The second-order valence-electron chi connectivity index (χ2n) is 11.6. The molecule has 3 aromatic heterocycles. The van der Waals surface area contributed by atoms with Gasteiger partial charge < -0.3 is 24.4 Å². The number of aliphatic hydroxyl groups is 1. The Morgan fingerprint density at radius 2 is 2.00 bits per heavy atom. The molecule has 23 heteroatoms. The van der Waals surface area contributed by atoms with Gasteiger partial charge in [0, 0.05) is 25.1 Å². The lowest BCUT2D eigenvalue weighted by Gasteiger charge is -2.26. The number of H-pyrrole nitrogens is 1. The first-order valence-electron chi connectivity index (χ1n) is 15.4. The van der Waals surface area contributed by atoms with Crippen molar-refractivity contribution in [1.82, 2.24) is 34.8 Å². The first-order chi connectivity index (χ1) is 23.4. The van der Waals surface area contributed by atoms with E-state index >= 15 is 0 Å². The van der Waals surface area contributed by atoms with E-state index in [0.717, 1.165) is 0 Å². The molecule has 0 spiro atoms. The van der Waals surface area contributed by atoms with E-state index in [0.29, 0.717) is 31.7 Å². The van der Waals surface area contributed by atoms with Crippen LogP contribution in [0.3, 0.4) is 0 Å². The van der Waals surface area contributed by atoms with Gasteiger partial charge in [-0.15, -0.1) is 0 Å². The minimum Gasteiger partial charge on any atom is -0.474 e. The van der Waals surface area contributed by atoms with Gasteiger partial charge in [0.05, 0.1) is 25.6 Å². The number of amides is 1. The molecule has 1 saturated carbocycles. The molecule has 2 aliphatic heterocycles. The number of hydrogen-bond acceptors (Lipinski definition) is 16. The summed E-state index contributed by atoms with van der Waals surface area (Å²) in [6, 6.07) is 1.61. The van der Waals surface area contributed by atoms with Crippen molar-refractivity contribution in [2.45, 2.75) is 68.9 Å². The highest BCUT2D eigenvalue weighted by Crippen LogP contribution is 2.59. The number of carbonyl (C=O) groups is 1. The molecule has 49 heavy (non-hydrogen) atoms. The molecule has 6 rings (SSSR count). The number of nitrogens with zero attached hydrogens (tertiary/aromatic N) is 5. The molecule has 2 saturated heterocycles. The van der Waals surface area contributed by atoms with E-state index in [4.69, 9.17) is 27.6 Å². The summed E-state index contributed by atoms with van der Waals surface area (Å²) in [5, 5.41) is 16.8. The number of carbonyl (C=O) groups excluding carboxylic acids is 1. The maximum absolute atomic E-state index is 13.5. The molecule has 0 aromatic carbocycles. The van der Waals surface area contributed by atoms with Gasteiger partial charge in [-0.05, 0) is 38.8 Å². The van der Waals surface area contributed by atoms with Crippen molar-refractivity contribution < 1.29 is 46.6 Å². The lowest BCUT2D eigenvalue weighted by molar-refractivity contribution is -0.116. The lowest BCUT2D eigenvalue weighted by atomic mass is 10.0. The molecule has 2 bridgehead atoms. The van der Waals surface area contributed by atoms with Gasteiger partial charge in [-0.1, -0.05) is 24.5 Å². The number of thiol groups is 2. The molecule has 0 radical (unpaired) electrons. The van der Waals surface area contributed by atoms with Gasteiger partial charge in [0.1, 0.15) is 30.7 Å². The van der Waals surface area contributed by atoms with Crippen LogP contribution in [0.1, 0.15) is 38.3 Å². The SMILES string of the molecule is CNCCCC(=O)Nc1nc2c(ncn2[C@@H]2O[C@@H]3CO[P@@](=O)(S)O[C@H]4C[C@H](Oc5ccncn5)C[C@@H]4CCO[P@@](=O)(S)O[C@@H]2[C@@H]3O)c(=O)[nH]1. The van der Waals surface area contributed by atoms with Crippen molar-refractivity contribution in [2.75, 3.05) is 32.1 Å². The van der Waals surface area contributed by atoms with Gasteiger partial charge in [0.25, 0.3) is 5.56 Å². The summed E-state index contributed by atoms with van der Waals surface area (Å²) >= 11 is 8.35. The topological polar surface area (TPSA) is 240 Å². The van der Waals surface area contributed by atoms with Gasteiger partial charge in [-0.2, -0.15) is 4.98 Å². The summed E-state index contributed by atoms with van der Waals surface area (Å²) in [7, 11) is 1.76. The van der Waals surface area contributed by atoms with Gasteiger partial charge in [0.15, 0.2) is 17.4 Å². The smallest absolute Gasteiger partial charge is 0.386 e. The van der Waals surface area contributed by atoms with Crippen LogP contribution in [0.5, 0.6) is 5.88 Å². The Morgan fingerprint density at radius 3 is 2.78 bits per heavy atom. The van der Waals surface area contributed by atoms with Crippen molar-refractivity contribution >= 4 is 61.1 Å². The minimum atomic E-state index is -4.16. The van der Waals surface area contributed by atoms with Gasteiger partial charge in [0.2, 0.25) is 17.7 Å². The van der Waals surface area contributed by atoms with E-state index in [9.17, 15) is 23.8 Å². The monoisotopic (exact) mass is 762 g/mol. The highest BCUT2D eigenvalue weighted by Gasteiger charge is 2.50. The number of nitrogens with one attached hydrogen (secondary N) is 3. The van der Waals surface area contributed by atoms with Crippen molar-refractivity contribution in [3.8, 4) is 5.88 Å². The van der Waals surface area contributed by atoms with Crippen LogP contribution in [0.2, 0.25) is 0 Å². The Labute approximate surface area is 290 Å². The molecule has 9 atom stereocenters. The molecule has 1 aliphatic carbocycles. The molecule has 19 nitrogen and oxygen atoms in total. The van der Waals surface area contributed by atoms with E-state index in [1.807, 2.05) is 0 Å². The third-order valence-corrected chi connectivity index (χ3v) is 11.5. The summed E-state index contributed by atoms with van der Waals surface area (Å²) in [6.45, 7) is -8.17. The number of aromatic amines is 1. The lowest BCUT2D eigenvalue weighted by Crippen LogP contribution is -2.35. The molecule has 3 aromatic rings. The molecule has 3 aliphatic rings. The molecular formula is C26H36N8O11P2S2. The number of aromatic nitrogens is 6. The third-order valence-electron chi connectivity index (χ3n) is 8.21. The minimum absolute atomic E-state index is 0.0377. The molecular weight excluding hydrogens is 726 g/mol. The summed E-state index contributed by atoms with van der Waals surface area (Å²) in [5.41, 5.74) is -0.804. The zero-order valence-corrected chi connectivity index (χ0v) is 29.6. The maximum Gasteiger partial charge on any atom is 0.386 e. The van der Waals surface area contributed by atoms with Crippen LogP contribution < -0.4 is 20.9 Å². The van der Waals surface area contributed by atoms with Crippen LogP contribution >= 0.6 is 38.1 Å². The Bertz CT molecular complexity index is 1790. The fraction of sp³-hybridized carbons (Fsp3) is 0.615. The van der Waals surface area contributed by atoms with E-state index < -0.39 is 56.4 Å². The van der Waals surface area contributed by atoms with E-state index in [1.54, 1.807) is 19.3 Å². The van der Waals surface area contributed by atoms with E-state index in [1.165, 1.54) is 17.2 Å². The Morgan fingerprint density at radius 1 is 1.18 bits per heavy atom. The predicted molar refractivity (Wildman–Crippen MR) is 178 cm³/mol. The van der Waals surface area contributed by atoms with Gasteiger partial charge in [-0.3, -0.25) is 38.0 Å². The fourth-order valence-electron chi connectivity index (χ4n) is 5.94. The highest BCUT2D eigenvalue weighted by molar-refractivity contribution is 8.44. The molecule has 4 N–H and O–H groups in total. The second kappa shape index (κ2) is 15.4. The Balaban J connectivity index is 1.23. The number of anilines is 1. The van der Waals surface area contributed by atoms with Crippen LogP contribution in [0.25, 0.3) is 11.2 Å². The number of fused-ring (bicyclic) bond motifs is 4. The van der Waals surface area contributed by atoms with E-state index in [2.05, 4.69) is 60.1 Å². The molecule has 1 amide bonds.